The molecule has 2 rings (SSSR count). The summed E-state index contributed by atoms with van der Waals surface area (Å²) in [6.07, 6.45) is 8.63. The standard InChI is InChI=1S/C13H25N3O/c1-16(11-4-2-3-5-11)9-8-10-6-7-12(15-10)13(14)17/h10-12,15H,2-9H2,1H3,(H2,14,17). The third-order valence-corrected chi connectivity index (χ3v) is 4.36. The highest BCUT2D eigenvalue weighted by Gasteiger charge is 2.28. The first-order chi connectivity index (χ1) is 8.16. The number of hydrogen-bond acceptors (Lipinski definition) is 3. The van der Waals surface area contributed by atoms with Crippen molar-refractivity contribution in [3.05, 3.63) is 0 Å². The number of hydrogen-bond donors (Lipinski definition) is 2. The minimum Gasteiger partial charge on any atom is -0.368 e. The fourth-order valence-corrected chi connectivity index (χ4v) is 3.16. The number of rotatable bonds is 5. The zero-order chi connectivity index (χ0) is 12.3. The molecular formula is C13H25N3O. The first-order valence-corrected chi connectivity index (χ1v) is 6.92. The summed E-state index contributed by atoms with van der Waals surface area (Å²) in [5.41, 5.74) is 5.30. The molecule has 0 bridgehead atoms. The van der Waals surface area contributed by atoms with Crippen LogP contribution in [0, 0.1) is 0 Å². The van der Waals surface area contributed by atoms with Gasteiger partial charge in [0.1, 0.15) is 0 Å². The van der Waals surface area contributed by atoms with Gasteiger partial charge in [0, 0.05) is 12.1 Å². The largest absolute Gasteiger partial charge is 0.368 e. The van der Waals surface area contributed by atoms with Crippen LogP contribution in [0.15, 0.2) is 0 Å². The molecule has 1 amide bonds. The number of carbonyl (C=O) groups excluding carboxylic acids is 1. The lowest BCUT2D eigenvalue weighted by atomic mass is 10.1. The Bertz CT molecular complexity index is 263. The van der Waals surface area contributed by atoms with Gasteiger partial charge in [-0.3, -0.25) is 4.79 Å². The molecule has 1 heterocycles. The third kappa shape index (κ3) is 3.42. The van der Waals surface area contributed by atoms with E-state index in [4.69, 9.17) is 5.73 Å². The van der Waals surface area contributed by atoms with Gasteiger partial charge in [-0.05, 0) is 45.7 Å². The fraction of sp³-hybridized carbons (Fsp3) is 0.923. The molecule has 0 spiro atoms. The highest BCUT2D eigenvalue weighted by Crippen LogP contribution is 2.23. The molecule has 98 valence electrons. The summed E-state index contributed by atoms with van der Waals surface area (Å²) in [5.74, 6) is -0.198. The van der Waals surface area contributed by atoms with Gasteiger partial charge in [-0.15, -0.1) is 0 Å². The minimum atomic E-state index is -0.198. The number of nitrogens with zero attached hydrogens (tertiary/aromatic N) is 1. The summed E-state index contributed by atoms with van der Waals surface area (Å²) in [5, 5.41) is 3.34. The molecule has 2 unspecified atom stereocenters. The summed E-state index contributed by atoms with van der Waals surface area (Å²) in [6, 6.07) is 1.19. The van der Waals surface area contributed by atoms with E-state index in [1.54, 1.807) is 0 Å². The normalized spacial score (nSPS) is 30.2. The molecule has 2 atom stereocenters. The first-order valence-electron chi connectivity index (χ1n) is 6.92. The summed E-state index contributed by atoms with van der Waals surface area (Å²) in [7, 11) is 2.23. The predicted octanol–water partition coefficient (Wildman–Crippen LogP) is 0.857. The lowest BCUT2D eigenvalue weighted by molar-refractivity contribution is -0.119. The number of primary amides is 1. The van der Waals surface area contributed by atoms with Crippen LogP contribution in [-0.4, -0.2) is 42.5 Å². The average molecular weight is 239 g/mol. The maximum absolute atomic E-state index is 11.0. The molecular weight excluding hydrogens is 214 g/mol. The van der Waals surface area contributed by atoms with E-state index in [1.165, 1.54) is 25.7 Å². The Labute approximate surface area is 104 Å². The molecule has 1 aliphatic heterocycles. The second-order valence-corrected chi connectivity index (χ2v) is 5.60. The van der Waals surface area contributed by atoms with E-state index in [0.29, 0.717) is 6.04 Å². The molecule has 0 aromatic heterocycles. The number of nitrogens with one attached hydrogen (secondary N) is 1. The van der Waals surface area contributed by atoms with E-state index >= 15 is 0 Å². The monoisotopic (exact) mass is 239 g/mol. The van der Waals surface area contributed by atoms with Crippen LogP contribution in [0.2, 0.25) is 0 Å². The van der Waals surface area contributed by atoms with Crippen LogP contribution in [-0.2, 0) is 4.79 Å². The molecule has 1 aliphatic carbocycles. The fourth-order valence-electron chi connectivity index (χ4n) is 3.16. The van der Waals surface area contributed by atoms with Gasteiger partial charge in [0.2, 0.25) is 5.91 Å². The second kappa shape index (κ2) is 5.83. The van der Waals surface area contributed by atoms with Crippen molar-refractivity contribution in [1.82, 2.24) is 10.2 Å². The Balaban J connectivity index is 1.66. The highest BCUT2D eigenvalue weighted by molar-refractivity contribution is 5.80. The topological polar surface area (TPSA) is 58.4 Å². The lowest BCUT2D eigenvalue weighted by Crippen LogP contribution is -2.41. The van der Waals surface area contributed by atoms with E-state index in [-0.39, 0.29) is 11.9 Å². The second-order valence-electron chi connectivity index (χ2n) is 5.60. The van der Waals surface area contributed by atoms with E-state index in [2.05, 4.69) is 17.3 Å². The van der Waals surface area contributed by atoms with Crippen LogP contribution in [0.4, 0.5) is 0 Å². The SMILES string of the molecule is CN(CCC1CCC(C(N)=O)N1)C1CCCC1. The number of nitrogens with two attached hydrogens (primary N) is 1. The Kier molecular flexibility index (Phi) is 4.40. The van der Waals surface area contributed by atoms with E-state index < -0.39 is 0 Å². The molecule has 0 radical (unpaired) electrons. The van der Waals surface area contributed by atoms with Crippen molar-refractivity contribution >= 4 is 5.91 Å². The average Bonchev–Trinajstić information content (AvgIpc) is 2.97. The number of amides is 1. The summed E-state index contributed by atoms with van der Waals surface area (Å²) >= 11 is 0. The van der Waals surface area contributed by atoms with E-state index in [1.807, 2.05) is 0 Å². The smallest absolute Gasteiger partial charge is 0.234 e. The quantitative estimate of drug-likeness (QED) is 0.748. The van der Waals surface area contributed by atoms with Gasteiger partial charge in [0.15, 0.2) is 0 Å². The summed E-state index contributed by atoms with van der Waals surface area (Å²) in [6.45, 7) is 1.13. The van der Waals surface area contributed by atoms with Crippen LogP contribution in [0.25, 0.3) is 0 Å². The van der Waals surface area contributed by atoms with Gasteiger partial charge < -0.3 is 16.0 Å². The third-order valence-electron chi connectivity index (χ3n) is 4.36. The maximum Gasteiger partial charge on any atom is 0.234 e. The van der Waals surface area contributed by atoms with Crippen LogP contribution in [0.5, 0.6) is 0 Å². The van der Waals surface area contributed by atoms with Crippen molar-refractivity contribution in [2.45, 2.75) is 63.1 Å². The predicted molar refractivity (Wildman–Crippen MR) is 68.6 cm³/mol. The Hall–Kier alpha value is -0.610. The van der Waals surface area contributed by atoms with E-state index in [9.17, 15) is 4.79 Å². The lowest BCUT2D eigenvalue weighted by Gasteiger charge is -2.25. The van der Waals surface area contributed by atoms with E-state index in [0.717, 1.165) is 31.8 Å². The molecule has 3 N–H and O–H groups in total. The zero-order valence-electron chi connectivity index (χ0n) is 10.8. The molecule has 2 fully saturated rings. The molecule has 1 saturated carbocycles. The van der Waals surface area contributed by atoms with Crippen molar-refractivity contribution in [2.24, 2.45) is 5.73 Å². The van der Waals surface area contributed by atoms with Gasteiger partial charge in [-0.25, -0.2) is 0 Å². The Morgan fingerprint density at radius 3 is 2.59 bits per heavy atom. The van der Waals surface area contributed by atoms with Crippen LogP contribution in [0.3, 0.4) is 0 Å². The molecule has 4 heteroatoms. The molecule has 2 aliphatic rings. The van der Waals surface area contributed by atoms with Crippen molar-refractivity contribution < 1.29 is 4.79 Å². The van der Waals surface area contributed by atoms with Crippen LogP contribution >= 0.6 is 0 Å². The van der Waals surface area contributed by atoms with Gasteiger partial charge in [-0.2, -0.15) is 0 Å². The van der Waals surface area contributed by atoms with Crippen molar-refractivity contribution in [3.63, 3.8) is 0 Å². The van der Waals surface area contributed by atoms with Crippen LogP contribution in [0.1, 0.15) is 44.9 Å². The van der Waals surface area contributed by atoms with Gasteiger partial charge >= 0.3 is 0 Å². The summed E-state index contributed by atoms with van der Waals surface area (Å²) in [4.78, 5) is 13.5. The molecule has 0 aromatic carbocycles. The van der Waals surface area contributed by atoms with Gasteiger partial charge in [0.05, 0.1) is 6.04 Å². The molecule has 4 nitrogen and oxygen atoms in total. The summed E-state index contributed by atoms with van der Waals surface area (Å²) < 4.78 is 0. The number of carbonyl (C=O) groups is 1. The van der Waals surface area contributed by atoms with Crippen molar-refractivity contribution in [3.8, 4) is 0 Å². The Morgan fingerprint density at radius 1 is 1.29 bits per heavy atom. The first kappa shape index (κ1) is 12.8. The van der Waals surface area contributed by atoms with Gasteiger partial charge in [0.25, 0.3) is 0 Å². The highest BCUT2D eigenvalue weighted by atomic mass is 16.1. The van der Waals surface area contributed by atoms with Crippen LogP contribution < -0.4 is 11.1 Å². The maximum atomic E-state index is 11.0. The van der Waals surface area contributed by atoms with Crippen molar-refractivity contribution in [2.75, 3.05) is 13.6 Å². The van der Waals surface area contributed by atoms with Gasteiger partial charge in [-0.1, -0.05) is 12.8 Å². The molecule has 1 saturated heterocycles. The Morgan fingerprint density at radius 2 is 2.00 bits per heavy atom. The minimum absolute atomic E-state index is 0.0863. The zero-order valence-corrected chi connectivity index (χ0v) is 10.8. The molecule has 0 aromatic rings. The molecule has 17 heavy (non-hydrogen) atoms. The van der Waals surface area contributed by atoms with Crippen molar-refractivity contribution in [1.29, 1.82) is 0 Å².